The molecule has 3 aromatic carbocycles. The van der Waals surface area contributed by atoms with Crippen molar-refractivity contribution < 1.29 is 86.6 Å². The van der Waals surface area contributed by atoms with Gasteiger partial charge in [-0.25, -0.2) is 4.98 Å². The number of H-pyrrole nitrogens is 3. The number of aliphatic hydroxyl groups excluding tert-OH is 1. The predicted octanol–water partition coefficient (Wildman–Crippen LogP) is -0.394. The van der Waals surface area contributed by atoms with Crippen LogP contribution >= 0.6 is 23.4 Å². The summed E-state index contributed by atoms with van der Waals surface area (Å²) >= 11 is 7.35. The van der Waals surface area contributed by atoms with Crippen molar-refractivity contribution in [1.29, 1.82) is 5.41 Å². The number of carbonyl (C=O) groups excluding carboxylic acids is 17. The molecule has 5 heterocycles. The molecule has 13 atom stereocenters. The van der Waals surface area contributed by atoms with E-state index in [-0.39, 0.29) is 89.6 Å². The van der Waals surface area contributed by atoms with Crippen molar-refractivity contribution in [2.24, 2.45) is 29.0 Å². The Balaban J connectivity index is 1.19. The molecular formula is C90H126ClN23O18S. The minimum absolute atomic E-state index is 0.00226. The lowest BCUT2D eigenvalue weighted by Crippen LogP contribution is -2.61. The molecule has 3 aromatic heterocycles. The zero-order valence-corrected chi connectivity index (χ0v) is 78.0. The fourth-order valence-corrected chi connectivity index (χ4v) is 17.1. The number of aliphatic hydroxyl groups is 1. The number of rotatable bonds is 26. The van der Waals surface area contributed by atoms with Crippen molar-refractivity contribution in [3.05, 3.63) is 125 Å². The van der Waals surface area contributed by atoms with E-state index in [1.54, 1.807) is 99.0 Å². The average Bonchev–Trinajstić information content (AvgIpc) is 1.77. The van der Waals surface area contributed by atoms with E-state index in [1.807, 2.05) is 13.8 Å². The van der Waals surface area contributed by atoms with Gasteiger partial charge in [0.2, 0.25) is 94.5 Å². The van der Waals surface area contributed by atoms with Gasteiger partial charge in [0.05, 0.1) is 38.2 Å². The Labute approximate surface area is 779 Å². The second-order valence-electron chi connectivity index (χ2n) is 34.1. The van der Waals surface area contributed by atoms with E-state index in [1.165, 1.54) is 47.6 Å². The summed E-state index contributed by atoms with van der Waals surface area (Å²) in [6, 6.07) is 2.38. The summed E-state index contributed by atoms with van der Waals surface area (Å²) in [6.07, 6.45) is 5.45. The van der Waals surface area contributed by atoms with E-state index in [9.17, 15) is 62.6 Å². The Bertz CT molecular complexity index is 5110. The van der Waals surface area contributed by atoms with Gasteiger partial charge in [0.25, 0.3) is 0 Å². The van der Waals surface area contributed by atoms with Gasteiger partial charge in [0, 0.05) is 130 Å². The van der Waals surface area contributed by atoms with Crippen LogP contribution in [-0.2, 0) is 107 Å². The van der Waals surface area contributed by atoms with E-state index in [0.29, 0.717) is 74.9 Å². The largest absolute Gasteiger partial charge is 0.394 e. The second-order valence-corrected chi connectivity index (χ2v) is 35.6. The van der Waals surface area contributed by atoms with E-state index < -0.39 is 229 Å². The van der Waals surface area contributed by atoms with Crippen LogP contribution in [0.5, 0.6) is 0 Å². The number of fused-ring (bicyclic) bond motifs is 3. The summed E-state index contributed by atoms with van der Waals surface area (Å²) in [5.41, 5.74) is 20.0. The van der Waals surface area contributed by atoms with E-state index in [2.05, 4.69) is 73.1 Å². The molecule has 2 aliphatic rings. The number of carbonyl (C=O) groups is 17. The highest BCUT2D eigenvalue weighted by molar-refractivity contribution is 8.00. The number of ketones is 1. The number of likely N-dealkylation sites (N-methyl/N-ethyl adjacent to an activating group) is 4. The van der Waals surface area contributed by atoms with E-state index in [0.717, 1.165) is 36.3 Å². The number of benzene rings is 3. The van der Waals surface area contributed by atoms with Gasteiger partial charge in [0.1, 0.15) is 72.5 Å². The highest BCUT2D eigenvalue weighted by Crippen LogP contribution is 2.28. The van der Waals surface area contributed by atoms with Crippen LogP contribution in [0.2, 0.25) is 5.02 Å². The first kappa shape index (κ1) is 105. The summed E-state index contributed by atoms with van der Waals surface area (Å²) in [6.45, 7) is 6.05. The first-order chi connectivity index (χ1) is 63.3. The van der Waals surface area contributed by atoms with Crippen LogP contribution in [0.15, 0.2) is 97.7 Å². The van der Waals surface area contributed by atoms with Crippen molar-refractivity contribution in [2.75, 3.05) is 72.5 Å². The molecule has 0 spiro atoms. The Morgan fingerprint density at radius 1 is 0.586 bits per heavy atom. The topological polar surface area (TPSA) is 609 Å². The third-order valence-corrected chi connectivity index (χ3v) is 24.7. The number of imidazole rings is 1. The molecule has 2 fully saturated rings. The molecule has 0 unspecified atom stereocenters. The van der Waals surface area contributed by atoms with Gasteiger partial charge in [-0.3, -0.25) is 86.9 Å². The molecule has 2 aliphatic heterocycles. The molecule has 0 bridgehead atoms. The number of para-hydroxylation sites is 1. The quantitative estimate of drug-likeness (QED) is 0.0187. The molecule has 0 aliphatic carbocycles. The number of nitrogens with zero attached hydrogens (tertiary/aromatic N) is 6. The molecule has 2 saturated heterocycles. The number of nitrogens with one attached hydrogen (secondary N) is 14. The van der Waals surface area contributed by atoms with Crippen LogP contribution in [0.1, 0.15) is 140 Å². The summed E-state index contributed by atoms with van der Waals surface area (Å²) in [4.78, 5) is 268. The average molecular weight is 1890 g/mol. The Kier molecular flexibility index (Phi) is 40.5. The molecule has 0 saturated carbocycles. The maximum atomic E-state index is 15.7. The standard InChI is InChI=1S/C90H126ClN23O18S/c1-10-12-26-71-83(126)103-63(25-19-31-97-90(94)95)80(123)109-70(79(122)100-44-75(93)118)47-133-48-76(119)102-66(34-52-21-15-14-16-22-52)86(129)111(7)51(5)77(120)105-68(40-74(92)117)88(131)114-32-20-28-72(114)84(127)104-64(39-57-43-96-49-101-57)81(124)106-65(33-50(3)4)85(128)110(6)45-58(116)36-53(35-54-41-98-61-24-18-17-23-59(54)61)78(121)108-69(46-115)82(125)107-67(37-55-42-99-62-30-29-56(91)38-60(55)62)87(130)113(9)73(27-13-11-2)89(132)112(71)8/h14-18,21-24,29-30,38,41-43,49-51,53,63-73,98-99,115H,10-13,19-20,25-28,31-37,39-40,44-48H2,1-9H3,(H2,92,117)(H2,93,118)(H,96,101)(H,100,122)(H,102,119)(H,103,126)(H,104,127)(H,105,120)(H,106,124)(H,107,125)(H,108,121)(H,109,123)(H4,94,95,97)/t51-,53+,63-,64-,65-,66-,67-,68-,69-,70-,71-,72-,73-/m0/s1. The molecule has 16 amide bonds. The van der Waals surface area contributed by atoms with Crippen molar-refractivity contribution in [3.63, 3.8) is 0 Å². The molecule has 0 radical (unpaired) electrons. The van der Waals surface area contributed by atoms with Crippen molar-refractivity contribution in [3.8, 4) is 0 Å². The van der Waals surface area contributed by atoms with Crippen molar-refractivity contribution >= 4 is 151 Å². The van der Waals surface area contributed by atoms with Gasteiger partial charge in [0.15, 0.2) is 11.7 Å². The molecule has 21 N–H and O–H groups in total. The van der Waals surface area contributed by atoms with Crippen LogP contribution in [0.25, 0.3) is 21.8 Å². The lowest BCUT2D eigenvalue weighted by atomic mass is 9.92. The number of primary amides is 2. The molecule has 133 heavy (non-hydrogen) atoms. The summed E-state index contributed by atoms with van der Waals surface area (Å²) in [5.74, 6) is -18.1. The third kappa shape index (κ3) is 30.8. The number of thioether (sulfide) groups is 1. The minimum atomic E-state index is -1.83. The first-order valence-corrected chi connectivity index (χ1v) is 46.1. The zero-order chi connectivity index (χ0) is 97.4. The Morgan fingerprint density at radius 2 is 1.19 bits per heavy atom. The number of nitrogens with two attached hydrogens (primary N) is 3. The van der Waals surface area contributed by atoms with Crippen LogP contribution in [0, 0.1) is 17.2 Å². The minimum Gasteiger partial charge on any atom is -0.394 e. The fraction of sp³-hybridized carbons (Fsp3) is 0.522. The SMILES string of the molecule is CCCC[C@H]1C(=O)N(C)[C@@H](CCCC)C(=O)N[C@@H](CCCNC(=N)N)C(=O)N[C@H](C(=O)NCC(N)=O)CSCC(=O)N[C@@H](Cc2ccccc2)C(=O)N(C)[C@@H](C)C(=O)N[C@@H](CC(N)=O)C(=O)N2CCC[C@H]2C(=O)N[C@@H](Cc2cnc[nH]2)C(=O)N[C@@H](CC(C)C)C(=O)N(C)CC(=O)C[C@@H](Cc2c[nH]c3ccccc23)C(=O)N[C@@H](CO)C(=O)N[C@@H](Cc2c[nH]c3ccc(Cl)cc23)C(=O)N1C. The van der Waals surface area contributed by atoms with Crippen molar-refractivity contribution in [2.45, 2.75) is 216 Å². The molecule has 43 heteroatoms. The lowest BCUT2D eigenvalue weighted by molar-refractivity contribution is -0.149. The fourth-order valence-electron chi connectivity index (χ4n) is 16.1. The first-order valence-electron chi connectivity index (χ1n) is 44.5. The molecule has 8 rings (SSSR count). The molecule has 722 valence electrons. The van der Waals surface area contributed by atoms with Gasteiger partial charge in [-0.15, -0.1) is 11.8 Å². The van der Waals surface area contributed by atoms with Crippen LogP contribution in [0.4, 0.5) is 0 Å². The second kappa shape index (κ2) is 51.1. The molecular weight excluding hydrogens is 1760 g/mol. The maximum Gasteiger partial charge on any atom is 0.246 e. The smallest absolute Gasteiger partial charge is 0.246 e. The summed E-state index contributed by atoms with van der Waals surface area (Å²) in [7, 11) is 5.27. The number of aromatic amines is 3. The third-order valence-electron chi connectivity index (χ3n) is 23.5. The van der Waals surface area contributed by atoms with Gasteiger partial charge in [-0.1, -0.05) is 114 Å². The van der Waals surface area contributed by atoms with Gasteiger partial charge in [-0.05, 0) is 105 Å². The summed E-state index contributed by atoms with van der Waals surface area (Å²) < 4.78 is 0. The Morgan fingerprint density at radius 3 is 1.84 bits per heavy atom. The maximum absolute atomic E-state index is 15.7. The Hall–Kier alpha value is -13.0. The molecule has 6 aromatic rings. The lowest BCUT2D eigenvalue weighted by Gasteiger charge is -2.36. The highest BCUT2D eigenvalue weighted by atomic mass is 35.5. The number of hydrogen-bond acceptors (Lipinski definition) is 21. The van der Waals surface area contributed by atoms with Crippen LogP contribution in [0.3, 0.4) is 0 Å². The normalized spacial score (nSPS) is 23.5. The van der Waals surface area contributed by atoms with E-state index in [4.69, 9.17) is 34.2 Å². The molecule has 41 nitrogen and oxygen atoms in total. The number of unbranched alkanes of at least 4 members (excludes halogenated alkanes) is 2. The van der Waals surface area contributed by atoms with Crippen molar-refractivity contribution in [1.82, 2.24) is 97.6 Å². The number of halogens is 1. The number of hydrogen-bond donors (Lipinski definition) is 18. The number of guanidine groups is 1. The zero-order valence-electron chi connectivity index (χ0n) is 76.4. The summed E-state index contributed by atoms with van der Waals surface area (Å²) in [5, 5.41) is 47.1. The van der Waals surface area contributed by atoms with Crippen LogP contribution < -0.4 is 70.4 Å². The monoisotopic (exact) mass is 1880 g/mol. The van der Waals surface area contributed by atoms with Gasteiger partial charge in [-0.2, -0.15) is 0 Å². The van der Waals surface area contributed by atoms with Gasteiger partial charge >= 0.3 is 0 Å². The van der Waals surface area contributed by atoms with E-state index >= 15 is 24.0 Å². The number of aromatic nitrogens is 4. The van der Waals surface area contributed by atoms with Gasteiger partial charge < -0.3 is 115 Å². The predicted molar refractivity (Wildman–Crippen MR) is 496 cm³/mol. The highest BCUT2D eigenvalue weighted by Gasteiger charge is 2.44. The van der Waals surface area contributed by atoms with Crippen LogP contribution in [-0.4, -0.2) is 301 Å². The number of Topliss-reactive ketones (excluding diaryl/α,β-unsaturated/α-hetero) is 1. The number of amides is 16.